The van der Waals surface area contributed by atoms with Crippen molar-refractivity contribution in [1.29, 1.82) is 0 Å². The molecule has 1 fully saturated rings. The first-order valence-corrected chi connectivity index (χ1v) is 9.71. The molecule has 1 aromatic carbocycles. The van der Waals surface area contributed by atoms with E-state index in [4.69, 9.17) is 4.99 Å². The lowest BCUT2D eigenvalue weighted by Crippen LogP contribution is -2.49. The molecule has 0 saturated carbocycles. The number of piperidine rings is 1. The van der Waals surface area contributed by atoms with E-state index < -0.39 is 0 Å². The summed E-state index contributed by atoms with van der Waals surface area (Å²) >= 11 is 3.53. The van der Waals surface area contributed by atoms with E-state index in [0.29, 0.717) is 18.5 Å². The Hall–Kier alpha value is -1.09. The molecule has 0 radical (unpaired) electrons. The fraction of sp³-hybridized carbons (Fsp3) is 0.474. The number of benzene rings is 1. The number of aromatic nitrogens is 2. The predicted octanol–water partition coefficient (Wildman–Crippen LogP) is 4.31. The summed E-state index contributed by atoms with van der Waals surface area (Å²) < 4.78 is 3.33. The van der Waals surface area contributed by atoms with Crippen molar-refractivity contribution in [3.8, 4) is 0 Å². The molecule has 1 saturated heterocycles. The first-order chi connectivity index (χ1) is 12.2. The van der Waals surface area contributed by atoms with Crippen LogP contribution in [-0.2, 0) is 6.54 Å². The minimum atomic E-state index is 0. The summed E-state index contributed by atoms with van der Waals surface area (Å²) in [6.07, 6.45) is 7.01. The van der Waals surface area contributed by atoms with Gasteiger partial charge in [0.25, 0.3) is 0 Å². The van der Waals surface area contributed by atoms with Crippen LogP contribution in [0, 0.1) is 5.92 Å². The summed E-state index contributed by atoms with van der Waals surface area (Å²) in [6, 6.07) is 8.77. The van der Waals surface area contributed by atoms with Crippen LogP contribution in [0.4, 0.5) is 0 Å². The second kappa shape index (κ2) is 10.3. The second-order valence-electron chi connectivity index (χ2n) is 6.59. The second-order valence-corrected chi connectivity index (χ2v) is 7.50. The van der Waals surface area contributed by atoms with Gasteiger partial charge in [-0.2, -0.15) is 0 Å². The third kappa shape index (κ3) is 5.45. The number of hydrogen-bond acceptors (Lipinski definition) is 2. The van der Waals surface area contributed by atoms with E-state index in [1.807, 2.05) is 18.6 Å². The zero-order valence-electron chi connectivity index (χ0n) is 15.3. The highest BCUT2D eigenvalue weighted by Crippen LogP contribution is 2.27. The third-order valence-corrected chi connectivity index (χ3v) is 5.25. The number of guanidine groups is 1. The molecule has 1 aliphatic heterocycles. The predicted molar refractivity (Wildman–Crippen MR) is 121 cm³/mol. The number of nitrogens with one attached hydrogen (secondary N) is 1. The van der Waals surface area contributed by atoms with Gasteiger partial charge in [-0.3, -0.25) is 0 Å². The maximum absolute atomic E-state index is 4.88. The number of halogens is 2. The monoisotopic (exact) mass is 531 g/mol. The lowest BCUT2D eigenvalue weighted by molar-refractivity contribution is 0.189. The number of imidazole rings is 1. The smallest absolute Gasteiger partial charge is 0.194 e. The van der Waals surface area contributed by atoms with Gasteiger partial charge in [-0.15, -0.1) is 24.0 Å². The molecule has 1 aromatic heterocycles. The number of rotatable bonds is 4. The number of hydrogen-bond donors (Lipinski definition) is 1. The van der Waals surface area contributed by atoms with Gasteiger partial charge in [-0.05, 0) is 37.0 Å². The normalized spacial score (nSPS) is 20.6. The maximum atomic E-state index is 4.88. The first-order valence-electron chi connectivity index (χ1n) is 8.92. The van der Waals surface area contributed by atoms with Crippen LogP contribution in [0.1, 0.15) is 31.9 Å². The fourth-order valence-electron chi connectivity index (χ4n) is 3.32. The lowest BCUT2D eigenvalue weighted by atomic mass is 9.93. The average molecular weight is 532 g/mol. The van der Waals surface area contributed by atoms with E-state index in [0.717, 1.165) is 36.5 Å². The van der Waals surface area contributed by atoms with Gasteiger partial charge < -0.3 is 14.8 Å². The highest BCUT2D eigenvalue weighted by molar-refractivity contribution is 14.0. The van der Waals surface area contributed by atoms with Crippen LogP contribution in [0.3, 0.4) is 0 Å². The molecule has 0 bridgehead atoms. The molecule has 2 aromatic rings. The van der Waals surface area contributed by atoms with Crippen LogP contribution in [0.25, 0.3) is 0 Å². The Morgan fingerprint density at radius 3 is 2.96 bits per heavy atom. The van der Waals surface area contributed by atoms with E-state index in [1.54, 1.807) is 0 Å². The van der Waals surface area contributed by atoms with Gasteiger partial charge in [0.15, 0.2) is 5.96 Å². The zero-order chi connectivity index (χ0) is 17.6. The zero-order valence-corrected chi connectivity index (χ0v) is 19.2. The summed E-state index contributed by atoms with van der Waals surface area (Å²) in [6.45, 7) is 8.00. The fourth-order valence-corrected chi connectivity index (χ4v) is 3.77. The Labute approximate surface area is 181 Å². The average Bonchev–Trinajstić information content (AvgIpc) is 3.14. The standard InChI is InChI=1S/C19H26BrN5.HI/c1-3-22-19(23-12-16-5-4-6-17(20)11-16)24-9-7-15(2)18(13-24)25-10-8-21-14-25;/h4-6,8,10-11,14-15,18H,3,7,9,12-13H2,1-2H3,(H,22,23);1H. The summed E-state index contributed by atoms with van der Waals surface area (Å²) in [4.78, 5) is 11.5. The molecule has 1 N–H and O–H groups in total. The molecule has 0 spiro atoms. The van der Waals surface area contributed by atoms with Gasteiger partial charge in [0, 0.05) is 36.5 Å². The molecule has 7 heteroatoms. The largest absolute Gasteiger partial charge is 0.357 e. The Morgan fingerprint density at radius 1 is 1.42 bits per heavy atom. The van der Waals surface area contributed by atoms with Crippen LogP contribution >= 0.6 is 39.9 Å². The van der Waals surface area contributed by atoms with Crippen molar-refractivity contribution < 1.29 is 0 Å². The van der Waals surface area contributed by atoms with Crippen LogP contribution in [-0.4, -0.2) is 40.0 Å². The Balaban J connectivity index is 0.00000243. The Kier molecular flexibility index (Phi) is 8.40. The highest BCUT2D eigenvalue weighted by atomic mass is 127. The summed E-state index contributed by atoms with van der Waals surface area (Å²) in [5.41, 5.74) is 1.21. The molecule has 142 valence electrons. The number of aliphatic imine (C=N–C) groups is 1. The Bertz CT molecular complexity index is 704. The minimum absolute atomic E-state index is 0. The molecule has 3 rings (SSSR count). The van der Waals surface area contributed by atoms with Crippen molar-refractivity contribution in [2.24, 2.45) is 10.9 Å². The molecule has 2 heterocycles. The van der Waals surface area contributed by atoms with Crippen LogP contribution in [0.15, 0.2) is 52.5 Å². The van der Waals surface area contributed by atoms with Gasteiger partial charge in [0.1, 0.15) is 0 Å². The van der Waals surface area contributed by atoms with Crippen molar-refractivity contribution in [1.82, 2.24) is 19.8 Å². The summed E-state index contributed by atoms with van der Waals surface area (Å²) in [5, 5.41) is 3.46. The summed E-state index contributed by atoms with van der Waals surface area (Å²) in [5.74, 6) is 1.64. The number of likely N-dealkylation sites (tertiary alicyclic amines) is 1. The molecule has 26 heavy (non-hydrogen) atoms. The molecular weight excluding hydrogens is 505 g/mol. The highest BCUT2D eigenvalue weighted by Gasteiger charge is 2.28. The maximum Gasteiger partial charge on any atom is 0.194 e. The van der Waals surface area contributed by atoms with Crippen molar-refractivity contribution in [3.05, 3.63) is 53.0 Å². The SMILES string of the molecule is CCNC(=NCc1cccc(Br)c1)N1CCC(C)C(n2ccnc2)C1.I. The van der Waals surface area contributed by atoms with E-state index in [-0.39, 0.29) is 24.0 Å². The van der Waals surface area contributed by atoms with Crippen LogP contribution in [0.5, 0.6) is 0 Å². The molecule has 2 atom stereocenters. The molecule has 2 unspecified atom stereocenters. The topological polar surface area (TPSA) is 45.5 Å². The first kappa shape index (κ1) is 21.2. The van der Waals surface area contributed by atoms with Gasteiger partial charge in [0.2, 0.25) is 0 Å². The third-order valence-electron chi connectivity index (χ3n) is 4.76. The van der Waals surface area contributed by atoms with E-state index >= 15 is 0 Å². The summed E-state index contributed by atoms with van der Waals surface area (Å²) in [7, 11) is 0. The molecule has 1 aliphatic rings. The lowest BCUT2D eigenvalue weighted by Gasteiger charge is -2.39. The molecule has 5 nitrogen and oxygen atoms in total. The van der Waals surface area contributed by atoms with E-state index in [1.165, 1.54) is 5.56 Å². The van der Waals surface area contributed by atoms with Gasteiger partial charge in [0.05, 0.1) is 18.9 Å². The van der Waals surface area contributed by atoms with E-state index in [9.17, 15) is 0 Å². The van der Waals surface area contributed by atoms with E-state index in [2.05, 4.69) is 73.9 Å². The van der Waals surface area contributed by atoms with Crippen molar-refractivity contribution in [3.63, 3.8) is 0 Å². The minimum Gasteiger partial charge on any atom is -0.357 e. The van der Waals surface area contributed by atoms with Crippen molar-refractivity contribution >= 4 is 45.9 Å². The van der Waals surface area contributed by atoms with Crippen LogP contribution < -0.4 is 5.32 Å². The van der Waals surface area contributed by atoms with Crippen LogP contribution in [0.2, 0.25) is 0 Å². The molecular formula is C19H27BrIN5. The number of nitrogens with zero attached hydrogens (tertiary/aromatic N) is 4. The molecule has 0 aliphatic carbocycles. The van der Waals surface area contributed by atoms with Gasteiger partial charge in [-0.25, -0.2) is 9.98 Å². The van der Waals surface area contributed by atoms with Crippen molar-refractivity contribution in [2.45, 2.75) is 32.9 Å². The van der Waals surface area contributed by atoms with Crippen molar-refractivity contribution in [2.75, 3.05) is 19.6 Å². The van der Waals surface area contributed by atoms with Gasteiger partial charge in [-0.1, -0.05) is 35.0 Å². The Morgan fingerprint density at radius 2 is 2.27 bits per heavy atom. The quantitative estimate of drug-likeness (QED) is 0.363. The van der Waals surface area contributed by atoms with Gasteiger partial charge >= 0.3 is 0 Å². The molecule has 0 amide bonds.